The van der Waals surface area contributed by atoms with Gasteiger partial charge in [-0.25, -0.2) is 9.97 Å². The first kappa shape index (κ1) is 13.1. The number of aromatic nitrogens is 2. The molecule has 0 radical (unpaired) electrons. The standard InChI is InChI=1S/C13H23N3/c1-4-6-11-12(5-2)15-9-16-13(11)8-7-10(3)14/h9-10H,4-8,14H2,1-3H3. The van der Waals surface area contributed by atoms with Crippen molar-refractivity contribution in [2.45, 2.75) is 58.9 Å². The fourth-order valence-corrected chi connectivity index (χ4v) is 1.91. The van der Waals surface area contributed by atoms with Crippen LogP contribution in [0.1, 0.15) is 50.6 Å². The van der Waals surface area contributed by atoms with Crippen LogP contribution in [0.4, 0.5) is 0 Å². The fourth-order valence-electron chi connectivity index (χ4n) is 1.91. The Hall–Kier alpha value is -0.960. The van der Waals surface area contributed by atoms with Gasteiger partial charge in [-0.1, -0.05) is 20.3 Å². The van der Waals surface area contributed by atoms with Crippen LogP contribution in [-0.4, -0.2) is 16.0 Å². The summed E-state index contributed by atoms with van der Waals surface area (Å²) in [5.41, 5.74) is 9.55. The van der Waals surface area contributed by atoms with E-state index in [1.165, 1.54) is 17.0 Å². The molecule has 16 heavy (non-hydrogen) atoms. The van der Waals surface area contributed by atoms with Crippen LogP contribution in [0.3, 0.4) is 0 Å². The SMILES string of the molecule is CCCc1c(CC)ncnc1CCC(C)N. The molecule has 1 aromatic heterocycles. The summed E-state index contributed by atoms with van der Waals surface area (Å²) >= 11 is 0. The van der Waals surface area contributed by atoms with Crippen LogP contribution >= 0.6 is 0 Å². The van der Waals surface area contributed by atoms with E-state index in [0.717, 1.165) is 32.1 Å². The summed E-state index contributed by atoms with van der Waals surface area (Å²) in [5.74, 6) is 0. The molecular formula is C13H23N3. The molecule has 0 bridgehead atoms. The van der Waals surface area contributed by atoms with Crippen LogP contribution in [0.25, 0.3) is 0 Å². The largest absolute Gasteiger partial charge is 0.328 e. The highest BCUT2D eigenvalue weighted by Crippen LogP contribution is 2.15. The van der Waals surface area contributed by atoms with Crippen LogP contribution in [0.2, 0.25) is 0 Å². The summed E-state index contributed by atoms with van der Waals surface area (Å²) < 4.78 is 0. The third-order valence-electron chi connectivity index (χ3n) is 2.80. The number of nitrogens with two attached hydrogens (primary N) is 1. The van der Waals surface area contributed by atoms with Crippen molar-refractivity contribution in [3.05, 3.63) is 23.3 Å². The molecule has 1 aromatic rings. The van der Waals surface area contributed by atoms with Crippen molar-refractivity contribution in [1.29, 1.82) is 0 Å². The molecule has 2 N–H and O–H groups in total. The quantitative estimate of drug-likeness (QED) is 0.801. The molecule has 0 aromatic carbocycles. The van der Waals surface area contributed by atoms with Gasteiger partial charge in [-0.3, -0.25) is 0 Å². The van der Waals surface area contributed by atoms with Gasteiger partial charge in [0.15, 0.2) is 0 Å². The zero-order valence-corrected chi connectivity index (χ0v) is 10.7. The number of hydrogen-bond donors (Lipinski definition) is 1. The summed E-state index contributed by atoms with van der Waals surface area (Å²) in [6.45, 7) is 6.39. The summed E-state index contributed by atoms with van der Waals surface area (Å²) in [4.78, 5) is 8.77. The highest BCUT2D eigenvalue weighted by atomic mass is 14.8. The first-order valence-corrected chi connectivity index (χ1v) is 6.26. The molecular weight excluding hydrogens is 198 g/mol. The van der Waals surface area contributed by atoms with Crippen LogP contribution < -0.4 is 5.73 Å². The Morgan fingerprint density at radius 1 is 1.19 bits per heavy atom. The number of aryl methyl sites for hydroxylation is 2. The van der Waals surface area contributed by atoms with Gasteiger partial charge in [-0.05, 0) is 38.2 Å². The molecule has 0 spiro atoms. The third kappa shape index (κ3) is 3.56. The smallest absolute Gasteiger partial charge is 0.115 e. The van der Waals surface area contributed by atoms with Crippen LogP contribution in [0.5, 0.6) is 0 Å². The molecule has 1 unspecified atom stereocenters. The molecule has 0 saturated heterocycles. The predicted octanol–water partition coefficient (Wildman–Crippen LogP) is 2.27. The lowest BCUT2D eigenvalue weighted by atomic mass is 10.0. The Morgan fingerprint density at radius 2 is 1.88 bits per heavy atom. The van der Waals surface area contributed by atoms with Gasteiger partial charge in [0.05, 0.1) is 0 Å². The third-order valence-corrected chi connectivity index (χ3v) is 2.80. The second kappa shape index (κ2) is 6.59. The van der Waals surface area contributed by atoms with E-state index < -0.39 is 0 Å². The van der Waals surface area contributed by atoms with Crippen molar-refractivity contribution >= 4 is 0 Å². The molecule has 0 amide bonds. The van der Waals surface area contributed by atoms with Crippen molar-refractivity contribution < 1.29 is 0 Å². The molecule has 1 atom stereocenters. The van der Waals surface area contributed by atoms with Gasteiger partial charge in [0.2, 0.25) is 0 Å². The molecule has 1 heterocycles. The molecule has 90 valence electrons. The predicted molar refractivity (Wildman–Crippen MR) is 67.4 cm³/mol. The number of nitrogens with zero attached hydrogens (tertiary/aromatic N) is 2. The normalized spacial score (nSPS) is 12.8. The minimum absolute atomic E-state index is 0.245. The number of rotatable bonds is 6. The number of hydrogen-bond acceptors (Lipinski definition) is 3. The molecule has 0 saturated carbocycles. The van der Waals surface area contributed by atoms with E-state index in [9.17, 15) is 0 Å². The molecule has 0 fully saturated rings. The summed E-state index contributed by atoms with van der Waals surface area (Å²) in [5, 5.41) is 0. The van der Waals surface area contributed by atoms with Crippen LogP contribution in [0.15, 0.2) is 6.33 Å². The van der Waals surface area contributed by atoms with E-state index in [4.69, 9.17) is 5.73 Å². The molecule has 3 heteroatoms. The van der Waals surface area contributed by atoms with Crippen LogP contribution in [-0.2, 0) is 19.3 Å². The topological polar surface area (TPSA) is 51.8 Å². The highest BCUT2D eigenvalue weighted by Gasteiger charge is 2.09. The van der Waals surface area contributed by atoms with Gasteiger partial charge in [-0.2, -0.15) is 0 Å². The lowest BCUT2D eigenvalue weighted by Gasteiger charge is -2.12. The zero-order chi connectivity index (χ0) is 12.0. The Bertz CT molecular complexity index is 321. The van der Waals surface area contributed by atoms with Gasteiger partial charge >= 0.3 is 0 Å². The Balaban J connectivity index is 2.88. The molecule has 0 aliphatic carbocycles. The van der Waals surface area contributed by atoms with E-state index in [2.05, 4.69) is 23.8 Å². The maximum Gasteiger partial charge on any atom is 0.115 e. The Kier molecular flexibility index (Phi) is 5.39. The molecule has 0 aliphatic heterocycles. The maximum absolute atomic E-state index is 5.79. The van der Waals surface area contributed by atoms with Gasteiger partial charge in [0.1, 0.15) is 6.33 Å². The summed E-state index contributed by atoms with van der Waals surface area (Å²) in [7, 11) is 0. The lowest BCUT2D eigenvalue weighted by molar-refractivity contribution is 0.649. The second-order valence-corrected chi connectivity index (χ2v) is 4.37. The minimum Gasteiger partial charge on any atom is -0.328 e. The lowest BCUT2D eigenvalue weighted by Crippen LogP contribution is -2.16. The van der Waals surface area contributed by atoms with E-state index in [0.29, 0.717) is 0 Å². The molecule has 0 aliphatic rings. The second-order valence-electron chi connectivity index (χ2n) is 4.37. The Morgan fingerprint density at radius 3 is 2.44 bits per heavy atom. The van der Waals surface area contributed by atoms with Gasteiger partial charge in [0, 0.05) is 17.4 Å². The van der Waals surface area contributed by atoms with Crippen molar-refractivity contribution in [3.63, 3.8) is 0 Å². The van der Waals surface area contributed by atoms with Crippen molar-refractivity contribution in [1.82, 2.24) is 9.97 Å². The van der Waals surface area contributed by atoms with Crippen molar-refractivity contribution in [2.75, 3.05) is 0 Å². The van der Waals surface area contributed by atoms with E-state index in [1.54, 1.807) is 6.33 Å². The first-order chi connectivity index (χ1) is 7.69. The summed E-state index contributed by atoms with van der Waals surface area (Å²) in [6.07, 6.45) is 6.88. The van der Waals surface area contributed by atoms with Crippen molar-refractivity contribution in [3.8, 4) is 0 Å². The monoisotopic (exact) mass is 221 g/mol. The van der Waals surface area contributed by atoms with Gasteiger partial charge < -0.3 is 5.73 Å². The average Bonchev–Trinajstić information content (AvgIpc) is 2.27. The van der Waals surface area contributed by atoms with E-state index in [1.807, 2.05) is 6.92 Å². The van der Waals surface area contributed by atoms with E-state index in [-0.39, 0.29) is 6.04 Å². The minimum atomic E-state index is 0.245. The highest BCUT2D eigenvalue weighted by molar-refractivity contribution is 5.25. The van der Waals surface area contributed by atoms with Crippen molar-refractivity contribution in [2.24, 2.45) is 5.73 Å². The van der Waals surface area contributed by atoms with Crippen LogP contribution in [0, 0.1) is 0 Å². The van der Waals surface area contributed by atoms with Gasteiger partial charge in [0.25, 0.3) is 0 Å². The fraction of sp³-hybridized carbons (Fsp3) is 0.692. The molecule has 3 nitrogen and oxygen atoms in total. The summed E-state index contributed by atoms with van der Waals surface area (Å²) in [6, 6.07) is 0.245. The molecule has 1 rings (SSSR count). The maximum atomic E-state index is 5.79. The van der Waals surface area contributed by atoms with E-state index >= 15 is 0 Å². The first-order valence-electron chi connectivity index (χ1n) is 6.26. The average molecular weight is 221 g/mol. The van der Waals surface area contributed by atoms with Gasteiger partial charge in [-0.15, -0.1) is 0 Å². The zero-order valence-electron chi connectivity index (χ0n) is 10.7. The Labute approximate surface area is 98.5 Å².